The Bertz CT molecular complexity index is 866. The number of ketones is 2. The molecule has 0 spiro atoms. The number of phenols is 2. The van der Waals surface area contributed by atoms with E-state index in [0.717, 1.165) is 0 Å². The molecule has 0 atom stereocenters. The summed E-state index contributed by atoms with van der Waals surface area (Å²) in [6, 6.07) is 4.23. The summed E-state index contributed by atoms with van der Waals surface area (Å²) < 4.78 is 10.2. The number of phenolic OH excluding ortho intramolecular Hbond substituents is 2. The number of methoxy groups -OCH3 is 2. The van der Waals surface area contributed by atoms with Crippen molar-refractivity contribution in [3.8, 4) is 23.0 Å². The Morgan fingerprint density at radius 2 is 1.52 bits per heavy atom. The highest BCUT2D eigenvalue weighted by Crippen LogP contribution is 2.46. The molecular weight excluding hydrogens is 300 g/mol. The molecular formula is C17H14O6. The van der Waals surface area contributed by atoms with Gasteiger partial charge in [0, 0.05) is 11.1 Å². The SMILES string of the molecule is COc1c(O)cc2c(c1OC)C(=O)c1c(ccc(C)c1O)C2=O. The molecule has 0 radical (unpaired) electrons. The lowest BCUT2D eigenvalue weighted by molar-refractivity contribution is 0.0973. The van der Waals surface area contributed by atoms with Crippen molar-refractivity contribution in [3.63, 3.8) is 0 Å². The van der Waals surface area contributed by atoms with Crippen LogP contribution in [0, 0.1) is 6.92 Å². The van der Waals surface area contributed by atoms with Crippen LogP contribution in [-0.2, 0) is 0 Å². The molecule has 2 aromatic rings. The van der Waals surface area contributed by atoms with Gasteiger partial charge in [-0.25, -0.2) is 0 Å². The molecule has 0 saturated carbocycles. The van der Waals surface area contributed by atoms with E-state index in [0.29, 0.717) is 5.56 Å². The first-order chi connectivity index (χ1) is 10.9. The van der Waals surface area contributed by atoms with Gasteiger partial charge >= 0.3 is 0 Å². The number of carbonyl (C=O) groups excluding carboxylic acids is 2. The monoisotopic (exact) mass is 314 g/mol. The highest BCUT2D eigenvalue weighted by Gasteiger charge is 2.37. The molecule has 0 unspecified atom stereocenters. The maximum Gasteiger partial charge on any atom is 0.203 e. The smallest absolute Gasteiger partial charge is 0.203 e. The number of rotatable bonds is 2. The number of fused-ring (bicyclic) bond motifs is 2. The van der Waals surface area contributed by atoms with E-state index >= 15 is 0 Å². The van der Waals surface area contributed by atoms with Gasteiger partial charge in [0.25, 0.3) is 0 Å². The van der Waals surface area contributed by atoms with Crippen molar-refractivity contribution in [1.82, 2.24) is 0 Å². The summed E-state index contributed by atoms with van der Waals surface area (Å²) in [6.45, 7) is 1.64. The van der Waals surface area contributed by atoms with Crippen LogP contribution in [0.1, 0.15) is 37.4 Å². The zero-order valence-corrected chi connectivity index (χ0v) is 12.8. The van der Waals surface area contributed by atoms with Crippen LogP contribution in [0.4, 0.5) is 0 Å². The van der Waals surface area contributed by atoms with Crippen molar-refractivity contribution in [2.75, 3.05) is 14.2 Å². The highest BCUT2D eigenvalue weighted by atomic mass is 16.5. The molecule has 0 aliphatic heterocycles. The van der Waals surface area contributed by atoms with E-state index < -0.39 is 11.6 Å². The topological polar surface area (TPSA) is 93.1 Å². The van der Waals surface area contributed by atoms with E-state index in [4.69, 9.17) is 9.47 Å². The summed E-state index contributed by atoms with van der Waals surface area (Å²) in [5.74, 6) is -1.63. The zero-order valence-electron chi connectivity index (χ0n) is 12.8. The molecule has 2 aromatic carbocycles. The number of aryl methyl sites for hydroxylation is 1. The first kappa shape index (κ1) is 14.9. The third kappa shape index (κ3) is 1.88. The Kier molecular flexibility index (Phi) is 3.25. The van der Waals surface area contributed by atoms with Crippen LogP contribution in [0.3, 0.4) is 0 Å². The van der Waals surface area contributed by atoms with Gasteiger partial charge in [-0.3, -0.25) is 9.59 Å². The predicted molar refractivity (Wildman–Crippen MR) is 80.9 cm³/mol. The van der Waals surface area contributed by atoms with Crippen molar-refractivity contribution in [2.24, 2.45) is 0 Å². The Balaban J connectivity index is 2.41. The van der Waals surface area contributed by atoms with E-state index in [-0.39, 0.29) is 45.3 Å². The third-order valence-electron chi connectivity index (χ3n) is 3.95. The van der Waals surface area contributed by atoms with Gasteiger partial charge in [-0.2, -0.15) is 0 Å². The van der Waals surface area contributed by atoms with Crippen LogP contribution < -0.4 is 9.47 Å². The lowest BCUT2D eigenvalue weighted by Gasteiger charge is -2.22. The van der Waals surface area contributed by atoms with Gasteiger partial charge in [-0.05, 0) is 24.6 Å². The quantitative estimate of drug-likeness (QED) is 0.753. The molecule has 0 amide bonds. The third-order valence-corrected chi connectivity index (χ3v) is 3.95. The van der Waals surface area contributed by atoms with Crippen LogP contribution in [0.25, 0.3) is 0 Å². The Morgan fingerprint density at radius 3 is 2.13 bits per heavy atom. The van der Waals surface area contributed by atoms with Crippen LogP contribution in [0.5, 0.6) is 23.0 Å². The summed E-state index contributed by atoms with van der Waals surface area (Å²) in [5, 5.41) is 20.2. The van der Waals surface area contributed by atoms with Crippen molar-refractivity contribution >= 4 is 11.6 Å². The predicted octanol–water partition coefficient (Wildman–Crippen LogP) is 2.20. The standard InChI is InChI=1S/C17H14O6/c1-7-4-5-8-11(13(7)19)15(21)12-9(14(8)20)6-10(18)16(22-2)17(12)23-3/h4-6,18-19H,1-3H3. The Hall–Kier alpha value is -3.02. The number of carbonyl (C=O) groups is 2. The van der Waals surface area contributed by atoms with Gasteiger partial charge in [0.2, 0.25) is 11.5 Å². The Morgan fingerprint density at radius 1 is 0.870 bits per heavy atom. The zero-order chi connectivity index (χ0) is 16.9. The number of hydrogen-bond acceptors (Lipinski definition) is 6. The van der Waals surface area contributed by atoms with Gasteiger partial charge in [0.1, 0.15) is 5.75 Å². The van der Waals surface area contributed by atoms with Crippen molar-refractivity contribution < 1.29 is 29.3 Å². The van der Waals surface area contributed by atoms with E-state index in [1.807, 2.05) is 0 Å². The Labute approximate surface area is 131 Å². The van der Waals surface area contributed by atoms with Crippen LogP contribution in [-0.4, -0.2) is 36.0 Å². The second-order valence-corrected chi connectivity index (χ2v) is 5.20. The second kappa shape index (κ2) is 5.01. The molecule has 1 aliphatic rings. The maximum atomic E-state index is 12.9. The number of benzene rings is 2. The minimum atomic E-state index is -0.550. The normalized spacial score (nSPS) is 12.7. The second-order valence-electron chi connectivity index (χ2n) is 5.20. The number of aromatic hydroxyl groups is 2. The fourth-order valence-electron chi connectivity index (χ4n) is 2.81. The molecule has 1 aliphatic carbocycles. The molecule has 0 aromatic heterocycles. The van der Waals surface area contributed by atoms with E-state index in [1.54, 1.807) is 13.0 Å². The van der Waals surface area contributed by atoms with E-state index in [2.05, 4.69) is 0 Å². The molecule has 118 valence electrons. The fraction of sp³-hybridized carbons (Fsp3) is 0.176. The molecule has 0 heterocycles. The molecule has 2 N–H and O–H groups in total. The van der Waals surface area contributed by atoms with Gasteiger partial charge in [-0.1, -0.05) is 6.07 Å². The number of hydrogen-bond donors (Lipinski definition) is 2. The average Bonchev–Trinajstić information content (AvgIpc) is 2.53. The summed E-state index contributed by atoms with van der Waals surface area (Å²) in [7, 11) is 2.62. The minimum Gasteiger partial charge on any atom is -0.507 e. The lowest BCUT2D eigenvalue weighted by atomic mass is 9.82. The van der Waals surface area contributed by atoms with Gasteiger partial charge < -0.3 is 19.7 Å². The first-order valence-corrected chi connectivity index (χ1v) is 6.82. The number of ether oxygens (including phenoxy) is 2. The van der Waals surface area contributed by atoms with Gasteiger partial charge in [-0.15, -0.1) is 0 Å². The molecule has 0 saturated heterocycles. The molecule has 3 rings (SSSR count). The summed E-state index contributed by atoms with van der Waals surface area (Å²) in [5.41, 5.74) is 0.505. The summed E-state index contributed by atoms with van der Waals surface area (Å²) in [4.78, 5) is 25.5. The van der Waals surface area contributed by atoms with Crippen molar-refractivity contribution in [2.45, 2.75) is 6.92 Å². The van der Waals surface area contributed by atoms with E-state index in [1.165, 1.54) is 26.4 Å². The fourth-order valence-corrected chi connectivity index (χ4v) is 2.81. The summed E-state index contributed by atoms with van der Waals surface area (Å²) >= 11 is 0. The summed E-state index contributed by atoms with van der Waals surface area (Å²) in [6.07, 6.45) is 0. The average molecular weight is 314 g/mol. The van der Waals surface area contributed by atoms with Crippen molar-refractivity contribution in [3.05, 3.63) is 46.0 Å². The molecule has 0 bridgehead atoms. The molecule has 6 nitrogen and oxygen atoms in total. The van der Waals surface area contributed by atoms with Crippen LogP contribution >= 0.6 is 0 Å². The molecule has 23 heavy (non-hydrogen) atoms. The largest absolute Gasteiger partial charge is 0.507 e. The highest BCUT2D eigenvalue weighted by molar-refractivity contribution is 6.30. The van der Waals surface area contributed by atoms with Gasteiger partial charge in [0.05, 0.1) is 25.3 Å². The van der Waals surface area contributed by atoms with Gasteiger partial charge in [0.15, 0.2) is 17.3 Å². The van der Waals surface area contributed by atoms with E-state index in [9.17, 15) is 19.8 Å². The minimum absolute atomic E-state index is 0.0147. The lowest BCUT2D eigenvalue weighted by Crippen LogP contribution is -2.22. The molecule has 6 heteroatoms. The molecule has 0 fully saturated rings. The van der Waals surface area contributed by atoms with Crippen LogP contribution in [0.2, 0.25) is 0 Å². The first-order valence-electron chi connectivity index (χ1n) is 6.82. The maximum absolute atomic E-state index is 12.9. The van der Waals surface area contributed by atoms with Crippen molar-refractivity contribution in [1.29, 1.82) is 0 Å². The van der Waals surface area contributed by atoms with Crippen LogP contribution in [0.15, 0.2) is 18.2 Å².